The summed E-state index contributed by atoms with van der Waals surface area (Å²) < 4.78 is 38.4. The minimum atomic E-state index is -3.84. The number of hydrogen-bond acceptors (Lipinski definition) is 7. The van der Waals surface area contributed by atoms with Gasteiger partial charge in [-0.1, -0.05) is 6.07 Å². The Labute approximate surface area is 199 Å². The normalized spacial score (nSPS) is 19.8. The van der Waals surface area contributed by atoms with Crippen LogP contribution >= 0.6 is 0 Å². The summed E-state index contributed by atoms with van der Waals surface area (Å²) in [7, 11) is -3.84. The fourth-order valence-corrected chi connectivity index (χ4v) is 5.21. The van der Waals surface area contributed by atoms with E-state index >= 15 is 0 Å². The highest BCUT2D eigenvalue weighted by atomic mass is 32.2. The number of ketones is 1. The molecule has 34 heavy (non-hydrogen) atoms. The van der Waals surface area contributed by atoms with Crippen LogP contribution in [0.15, 0.2) is 53.4 Å². The highest BCUT2D eigenvalue weighted by Crippen LogP contribution is 2.22. The van der Waals surface area contributed by atoms with Crippen LogP contribution < -0.4 is 5.32 Å². The molecule has 3 atom stereocenters. The van der Waals surface area contributed by atoms with E-state index in [1.807, 2.05) is 0 Å². The summed E-state index contributed by atoms with van der Waals surface area (Å²) in [6, 6.07) is 11.9. The van der Waals surface area contributed by atoms with Crippen molar-refractivity contribution in [2.45, 2.75) is 50.9 Å². The van der Waals surface area contributed by atoms with Crippen LogP contribution in [-0.2, 0) is 24.3 Å². The third-order valence-electron chi connectivity index (χ3n) is 5.31. The Hall–Kier alpha value is -3.08. The molecule has 0 aliphatic carbocycles. The largest absolute Gasteiger partial charge is 0.449 e. The van der Waals surface area contributed by atoms with E-state index in [1.165, 1.54) is 42.4 Å². The lowest BCUT2D eigenvalue weighted by atomic mass is 10.1. The number of nitrogens with one attached hydrogen (secondary N) is 1. The van der Waals surface area contributed by atoms with E-state index in [0.717, 1.165) is 0 Å². The van der Waals surface area contributed by atoms with Crippen molar-refractivity contribution in [3.8, 4) is 0 Å². The van der Waals surface area contributed by atoms with Crippen LogP contribution in [0, 0.1) is 0 Å². The number of benzene rings is 2. The van der Waals surface area contributed by atoms with E-state index in [1.54, 1.807) is 38.1 Å². The van der Waals surface area contributed by atoms with Crippen molar-refractivity contribution in [2.24, 2.45) is 0 Å². The summed E-state index contributed by atoms with van der Waals surface area (Å²) in [5, 5.41) is 2.61. The van der Waals surface area contributed by atoms with Gasteiger partial charge in [0, 0.05) is 24.3 Å². The number of hydrogen-bond donors (Lipinski definition) is 1. The molecule has 1 heterocycles. The van der Waals surface area contributed by atoms with Gasteiger partial charge in [-0.3, -0.25) is 9.59 Å². The summed E-state index contributed by atoms with van der Waals surface area (Å²) >= 11 is 0. The first-order chi connectivity index (χ1) is 16.0. The molecule has 1 aliphatic rings. The number of amides is 1. The van der Waals surface area contributed by atoms with Crippen LogP contribution in [-0.4, -0.2) is 61.8 Å². The number of morpholine rings is 1. The Kier molecular flexibility index (Phi) is 7.86. The first kappa shape index (κ1) is 25.5. The summed E-state index contributed by atoms with van der Waals surface area (Å²) in [5.41, 5.74) is 0.967. The van der Waals surface area contributed by atoms with Gasteiger partial charge >= 0.3 is 5.97 Å². The van der Waals surface area contributed by atoms with Gasteiger partial charge in [-0.05, 0) is 70.2 Å². The number of ether oxygens (including phenoxy) is 2. The van der Waals surface area contributed by atoms with Crippen molar-refractivity contribution >= 4 is 33.4 Å². The lowest BCUT2D eigenvalue weighted by Crippen LogP contribution is -2.48. The van der Waals surface area contributed by atoms with E-state index < -0.39 is 28.0 Å². The number of rotatable bonds is 7. The summed E-state index contributed by atoms with van der Waals surface area (Å²) in [6.45, 7) is 6.88. The number of sulfonamides is 1. The maximum Gasteiger partial charge on any atom is 0.338 e. The van der Waals surface area contributed by atoms with Gasteiger partial charge in [-0.2, -0.15) is 4.31 Å². The molecule has 2 aromatic rings. The Bertz CT molecular complexity index is 1170. The molecule has 1 amide bonds. The number of carbonyl (C=O) groups excluding carboxylic acids is 3. The van der Waals surface area contributed by atoms with E-state index in [2.05, 4.69) is 5.32 Å². The molecule has 10 heteroatoms. The third kappa shape index (κ3) is 6.07. The van der Waals surface area contributed by atoms with E-state index in [-0.39, 0.29) is 41.5 Å². The molecule has 0 bridgehead atoms. The van der Waals surface area contributed by atoms with Crippen LogP contribution in [0.3, 0.4) is 0 Å². The first-order valence-corrected chi connectivity index (χ1v) is 12.3. The van der Waals surface area contributed by atoms with Crippen molar-refractivity contribution in [3.63, 3.8) is 0 Å². The van der Waals surface area contributed by atoms with Crippen molar-refractivity contribution in [2.75, 3.05) is 18.4 Å². The second-order valence-corrected chi connectivity index (χ2v) is 10.2. The van der Waals surface area contributed by atoms with Gasteiger partial charge in [0.05, 0.1) is 22.7 Å². The molecule has 0 aromatic heterocycles. The minimum absolute atomic E-state index is 0.0147. The lowest BCUT2D eigenvalue weighted by Gasteiger charge is -2.34. The van der Waals surface area contributed by atoms with Crippen LogP contribution in [0.2, 0.25) is 0 Å². The number of Topliss-reactive ketones (excluding diaryl/α,β-unsaturated/α-hetero) is 1. The standard InChI is InChI=1S/C24H28N2O7S/c1-15-13-26(14-16(2)32-15)34(30,31)22-7-5-6-20(12-22)24(29)33-18(4)23(28)25-21-10-8-19(9-11-21)17(3)27/h5-12,15-16,18H,13-14H2,1-4H3,(H,25,28). The Morgan fingerprint density at radius 1 is 1.03 bits per heavy atom. The number of nitrogens with zero attached hydrogens (tertiary/aromatic N) is 1. The number of anilines is 1. The highest BCUT2D eigenvalue weighted by molar-refractivity contribution is 7.89. The quantitative estimate of drug-likeness (QED) is 0.470. The van der Waals surface area contributed by atoms with Gasteiger partial charge in [-0.25, -0.2) is 13.2 Å². The lowest BCUT2D eigenvalue weighted by molar-refractivity contribution is -0.123. The van der Waals surface area contributed by atoms with Crippen LogP contribution in [0.1, 0.15) is 48.4 Å². The molecule has 1 aliphatic heterocycles. The van der Waals surface area contributed by atoms with E-state index in [0.29, 0.717) is 11.3 Å². The predicted octanol–water partition coefficient (Wildman–Crippen LogP) is 2.87. The van der Waals surface area contributed by atoms with Crippen LogP contribution in [0.25, 0.3) is 0 Å². The van der Waals surface area contributed by atoms with Crippen LogP contribution in [0.5, 0.6) is 0 Å². The van der Waals surface area contributed by atoms with Crippen molar-refractivity contribution < 1.29 is 32.3 Å². The molecule has 3 rings (SSSR count). The van der Waals surface area contributed by atoms with Gasteiger partial charge in [-0.15, -0.1) is 0 Å². The van der Waals surface area contributed by atoms with Crippen molar-refractivity contribution in [1.82, 2.24) is 4.31 Å². The van der Waals surface area contributed by atoms with Gasteiger partial charge < -0.3 is 14.8 Å². The molecular weight excluding hydrogens is 460 g/mol. The molecule has 2 aromatic carbocycles. The average molecular weight is 489 g/mol. The SMILES string of the molecule is CC(=O)c1ccc(NC(=O)C(C)OC(=O)c2cccc(S(=O)(=O)N3CC(C)OC(C)C3)c2)cc1. The maximum absolute atomic E-state index is 13.1. The molecule has 182 valence electrons. The molecule has 0 saturated carbocycles. The first-order valence-electron chi connectivity index (χ1n) is 10.9. The molecule has 0 spiro atoms. The average Bonchev–Trinajstić information content (AvgIpc) is 2.78. The fraction of sp³-hybridized carbons (Fsp3) is 0.375. The maximum atomic E-state index is 13.1. The highest BCUT2D eigenvalue weighted by Gasteiger charge is 2.32. The topological polar surface area (TPSA) is 119 Å². The molecule has 0 radical (unpaired) electrons. The molecule has 1 fully saturated rings. The Morgan fingerprint density at radius 2 is 1.65 bits per heavy atom. The molecule has 3 unspecified atom stereocenters. The summed E-state index contributed by atoms with van der Waals surface area (Å²) in [5.74, 6) is -1.48. The van der Waals surface area contributed by atoms with Crippen molar-refractivity contribution in [3.05, 3.63) is 59.7 Å². The Balaban J connectivity index is 1.67. The Morgan fingerprint density at radius 3 is 2.24 bits per heavy atom. The monoisotopic (exact) mass is 488 g/mol. The predicted molar refractivity (Wildman–Crippen MR) is 125 cm³/mol. The third-order valence-corrected chi connectivity index (χ3v) is 7.13. The van der Waals surface area contributed by atoms with E-state index in [9.17, 15) is 22.8 Å². The molecule has 1 saturated heterocycles. The number of esters is 1. The minimum Gasteiger partial charge on any atom is -0.449 e. The number of carbonyl (C=O) groups is 3. The molecular formula is C24H28N2O7S. The second kappa shape index (κ2) is 10.5. The van der Waals surface area contributed by atoms with Gasteiger partial charge in [0.2, 0.25) is 10.0 Å². The zero-order valence-corrected chi connectivity index (χ0v) is 20.3. The van der Waals surface area contributed by atoms with Crippen LogP contribution in [0.4, 0.5) is 5.69 Å². The zero-order valence-electron chi connectivity index (χ0n) is 19.5. The summed E-state index contributed by atoms with van der Waals surface area (Å²) in [4.78, 5) is 36.4. The molecule has 9 nitrogen and oxygen atoms in total. The zero-order chi connectivity index (χ0) is 25.0. The smallest absolute Gasteiger partial charge is 0.338 e. The van der Waals surface area contributed by atoms with Crippen molar-refractivity contribution in [1.29, 1.82) is 0 Å². The van der Waals surface area contributed by atoms with Gasteiger partial charge in [0.15, 0.2) is 11.9 Å². The van der Waals surface area contributed by atoms with E-state index in [4.69, 9.17) is 9.47 Å². The van der Waals surface area contributed by atoms with Gasteiger partial charge in [0.25, 0.3) is 5.91 Å². The second-order valence-electron chi connectivity index (χ2n) is 8.28. The van der Waals surface area contributed by atoms with Gasteiger partial charge in [0.1, 0.15) is 0 Å². The molecule has 1 N–H and O–H groups in total. The summed E-state index contributed by atoms with van der Waals surface area (Å²) in [6.07, 6.45) is -1.63. The fourth-order valence-electron chi connectivity index (χ4n) is 3.57.